The molecule has 118 valence electrons. The van der Waals surface area contributed by atoms with E-state index in [0.29, 0.717) is 23.2 Å². The summed E-state index contributed by atoms with van der Waals surface area (Å²) in [6, 6.07) is 9.83. The molecule has 23 heavy (non-hydrogen) atoms. The predicted octanol–water partition coefficient (Wildman–Crippen LogP) is 3.28. The Hall–Kier alpha value is -2.28. The van der Waals surface area contributed by atoms with Gasteiger partial charge in [-0.1, -0.05) is 21.1 Å². The summed E-state index contributed by atoms with van der Waals surface area (Å²) in [6.45, 7) is 2.80. The SMILES string of the molecule is CCn1nnc2cc(C(=O)NCc3cc(Br)ccc3F)ccc21. The second-order valence-electron chi connectivity index (χ2n) is 5.03. The van der Waals surface area contributed by atoms with Crippen LogP contribution in [0.15, 0.2) is 40.9 Å². The highest BCUT2D eigenvalue weighted by Crippen LogP contribution is 2.16. The minimum atomic E-state index is -0.352. The second-order valence-corrected chi connectivity index (χ2v) is 5.94. The van der Waals surface area contributed by atoms with Crippen molar-refractivity contribution in [3.05, 3.63) is 57.8 Å². The van der Waals surface area contributed by atoms with Crippen LogP contribution in [0.25, 0.3) is 11.0 Å². The number of carbonyl (C=O) groups is 1. The fourth-order valence-electron chi connectivity index (χ4n) is 2.30. The van der Waals surface area contributed by atoms with Crippen LogP contribution in [0.3, 0.4) is 0 Å². The van der Waals surface area contributed by atoms with Gasteiger partial charge in [0.15, 0.2) is 0 Å². The Bertz CT molecular complexity index is 878. The number of nitrogens with zero attached hydrogens (tertiary/aromatic N) is 3. The topological polar surface area (TPSA) is 59.8 Å². The summed E-state index contributed by atoms with van der Waals surface area (Å²) in [5.74, 6) is -0.632. The molecule has 0 radical (unpaired) electrons. The standard InChI is InChI=1S/C16H14BrFN4O/c1-2-22-15-6-3-10(8-14(15)20-21-22)16(23)19-9-11-7-12(17)4-5-13(11)18/h3-8H,2,9H2,1H3,(H,19,23). The average Bonchev–Trinajstić information content (AvgIpc) is 2.97. The van der Waals surface area contributed by atoms with Crippen molar-refractivity contribution < 1.29 is 9.18 Å². The Balaban J connectivity index is 1.76. The van der Waals surface area contributed by atoms with E-state index in [4.69, 9.17) is 0 Å². The Kier molecular flexibility index (Phi) is 4.38. The van der Waals surface area contributed by atoms with Gasteiger partial charge in [-0.3, -0.25) is 4.79 Å². The van der Waals surface area contributed by atoms with Crippen LogP contribution in [0, 0.1) is 5.82 Å². The second kappa shape index (κ2) is 6.45. The first kappa shape index (κ1) is 15.6. The molecule has 0 unspecified atom stereocenters. The minimum absolute atomic E-state index is 0.115. The van der Waals surface area contributed by atoms with E-state index in [9.17, 15) is 9.18 Å². The Morgan fingerprint density at radius 2 is 2.13 bits per heavy atom. The van der Waals surface area contributed by atoms with E-state index in [1.807, 2.05) is 13.0 Å². The molecule has 0 fully saturated rings. The lowest BCUT2D eigenvalue weighted by Gasteiger charge is -2.07. The summed E-state index contributed by atoms with van der Waals surface area (Å²) >= 11 is 3.29. The van der Waals surface area contributed by atoms with Crippen LogP contribution in [0.4, 0.5) is 4.39 Å². The number of amides is 1. The van der Waals surface area contributed by atoms with E-state index in [1.54, 1.807) is 28.9 Å². The molecule has 1 N–H and O–H groups in total. The first-order valence-electron chi connectivity index (χ1n) is 7.14. The van der Waals surface area contributed by atoms with Crippen molar-refractivity contribution in [2.75, 3.05) is 0 Å². The Labute approximate surface area is 140 Å². The monoisotopic (exact) mass is 376 g/mol. The number of nitrogens with one attached hydrogen (secondary N) is 1. The van der Waals surface area contributed by atoms with E-state index >= 15 is 0 Å². The lowest BCUT2D eigenvalue weighted by molar-refractivity contribution is 0.0950. The van der Waals surface area contributed by atoms with Crippen LogP contribution in [0.5, 0.6) is 0 Å². The molecule has 7 heteroatoms. The van der Waals surface area contributed by atoms with E-state index < -0.39 is 0 Å². The molecule has 1 amide bonds. The van der Waals surface area contributed by atoms with Gasteiger partial charge in [-0.25, -0.2) is 9.07 Å². The molecular weight excluding hydrogens is 363 g/mol. The van der Waals surface area contributed by atoms with Gasteiger partial charge in [0, 0.05) is 28.7 Å². The molecule has 2 aromatic carbocycles. The molecule has 0 spiro atoms. The molecule has 0 bridgehead atoms. The quantitative estimate of drug-likeness (QED) is 0.759. The van der Waals surface area contributed by atoms with Gasteiger partial charge in [0.1, 0.15) is 11.3 Å². The molecule has 1 heterocycles. The average molecular weight is 377 g/mol. The van der Waals surface area contributed by atoms with Crippen molar-refractivity contribution in [3.8, 4) is 0 Å². The maximum Gasteiger partial charge on any atom is 0.251 e. The summed E-state index contributed by atoms with van der Waals surface area (Å²) in [5, 5.41) is 10.8. The largest absolute Gasteiger partial charge is 0.348 e. The molecule has 3 rings (SSSR count). The van der Waals surface area contributed by atoms with E-state index in [0.717, 1.165) is 9.99 Å². The molecule has 5 nitrogen and oxygen atoms in total. The van der Waals surface area contributed by atoms with E-state index in [-0.39, 0.29) is 18.3 Å². The van der Waals surface area contributed by atoms with Crippen LogP contribution < -0.4 is 5.32 Å². The number of hydrogen-bond acceptors (Lipinski definition) is 3. The number of rotatable bonds is 4. The van der Waals surface area contributed by atoms with Crippen molar-refractivity contribution in [1.29, 1.82) is 0 Å². The lowest BCUT2D eigenvalue weighted by Crippen LogP contribution is -2.23. The first-order valence-corrected chi connectivity index (χ1v) is 7.93. The summed E-state index contributed by atoms with van der Waals surface area (Å²) in [5.41, 5.74) is 2.43. The van der Waals surface area contributed by atoms with Crippen LogP contribution in [0.2, 0.25) is 0 Å². The van der Waals surface area contributed by atoms with Crippen molar-refractivity contribution in [3.63, 3.8) is 0 Å². The summed E-state index contributed by atoms with van der Waals surface area (Å²) in [7, 11) is 0. The fourth-order valence-corrected chi connectivity index (χ4v) is 2.71. The van der Waals surface area contributed by atoms with Gasteiger partial charge in [-0.15, -0.1) is 5.10 Å². The molecule has 0 aliphatic carbocycles. The number of benzene rings is 2. The number of carbonyl (C=O) groups excluding carboxylic acids is 1. The van der Waals surface area contributed by atoms with Gasteiger partial charge in [0.2, 0.25) is 0 Å². The van der Waals surface area contributed by atoms with Crippen LogP contribution >= 0.6 is 15.9 Å². The number of aromatic nitrogens is 3. The van der Waals surface area contributed by atoms with Crippen LogP contribution in [-0.4, -0.2) is 20.9 Å². The number of aryl methyl sites for hydroxylation is 1. The van der Waals surface area contributed by atoms with Crippen molar-refractivity contribution in [1.82, 2.24) is 20.3 Å². The maximum atomic E-state index is 13.7. The molecular formula is C16H14BrFN4O. The van der Waals surface area contributed by atoms with Gasteiger partial charge in [-0.2, -0.15) is 0 Å². The zero-order valence-corrected chi connectivity index (χ0v) is 14.0. The summed E-state index contributed by atoms with van der Waals surface area (Å²) < 4.78 is 16.2. The van der Waals surface area contributed by atoms with Gasteiger partial charge in [0.25, 0.3) is 5.91 Å². The third-order valence-electron chi connectivity index (χ3n) is 3.52. The molecule has 0 aliphatic heterocycles. The number of halogens is 2. The molecule has 1 aromatic heterocycles. The third-order valence-corrected chi connectivity index (χ3v) is 4.02. The third kappa shape index (κ3) is 3.24. The number of hydrogen-bond donors (Lipinski definition) is 1. The molecule has 0 atom stereocenters. The van der Waals surface area contributed by atoms with Crippen molar-refractivity contribution in [2.45, 2.75) is 20.0 Å². The van der Waals surface area contributed by atoms with Gasteiger partial charge in [0.05, 0.1) is 5.52 Å². The first-order chi connectivity index (χ1) is 11.1. The molecule has 3 aromatic rings. The lowest BCUT2D eigenvalue weighted by atomic mass is 10.1. The van der Waals surface area contributed by atoms with E-state index in [2.05, 4.69) is 31.6 Å². The fraction of sp³-hybridized carbons (Fsp3) is 0.188. The normalized spacial score (nSPS) is 10.9. The van der Waals surface area contributed by atoms with Gasteiger partial charge in [-0.05, 0) is 43.3 Å². The Morgan fingerprint density at radius 1 is 1.30 bits per heavy atom. The predicted molar refractivity (Wildman–Crippen MR) is 88.5 cm³/mol. The maximum absolute atomic E-state index is 13.7. The zero-order chi connectivity index (χ0) is 16.4. The molecule has 0 saturated carbocycles. The van der Waals surface area contributed by atoms with E-state index in [1.165, 1.54) is 6.07 Å². The highest BCUT2D eigenvalue weighted by molar-refractivity contribution is 9.10. The van der Waals surface area contributed by atoms with Gasteiger partial charge >= 0.3 is 0 Å². The molecule has 0 aliphatic rings. The zero-order valence-electron chi connectivity index (χ0n) is 12.4. The molecule has 0 saturated heterocycles. The van der Waals surface area contributed by atoms with Crippen LogP contribution in [-0.2, 0) is 13.1 Å². The number of fused-ring (bicyclic) bond motifs is 1. The minimum Gasteiger partial charge on any atom is -0.348 e. The van der Waals surface area contributed by atoms with Crippen molar-refractivity contribution in [2.24, 2.45) is 0 Å². The summed E-state index contributed by atoms with van der Waals surface area (Å²) in [4.78, 5) is 12.2. The smallest absolute Gasteiger partial charge is 0.251 e. The highest BCUT2D eigenvalue weighted by Gasteiger charge is 2.11. The van der Waals surface area contributed by atoms with Gasteiger partial charge < -0.3 is 5.32 Å². The highest BCUT2D eigenvalue weighted by atomic mass is 79.9. The van der Waals surface area contributed by atoms with Crippen LogP contribution in [0.1, 0.15) is 22.8 Å². The summed E-state index contributed by atoms with van der Waals surface area (Å²) in [6.07, 6.45) is 0. The van der Waals surface area contributed by atoms with Crippen molar-refractivity contribution >= 4 is 32.9 Å². The Morgan fingerprint density at radius 3 is 2.91 bits per heavy atom.